The number of hydrogen-bond donors (Lipinski definition) is 6. The lowest BCUT2D eigenvalue weighted by Gasteiger charge is -2.29. The van der Waals surface area contributed by atoms with Crippen molar-refractivity contribution in [2.45, 2.75) is 76.2 Å². The van der Waals surface area contributed by atoms with E-state index in [0.29, 0.717) is 19.4 Å². The highest BCUT2D eigenvalue weighted by Crippen LogP contribution is 2.18. The summed E-state index contributed by atoms with van der Waals surface area (Å²) in [5.41, 5.74) is -0.808. The molecule has 9 nitrogen and oxygen atoms in total. The molecule has 0 aromatic rings. The predicted octanol–water partition coefficient (Wildman–Crippen LogP) is -1.46. The Morgan fingerprint density at radius 3 is 2.08 bits per heavy atom. The van der Waals surface area contributed by atoms with Gasteiger partial charge in [0.2, 0.25) is 0 Å². The standard InChI is InChI=1S/C17H35NO8/c1-16(2,25-5)7-9-26-17(3,4)6-8-18-15(24)14(23)13(22)12(21)11(20)10-19/h11-14,19-23H,6-10H2,1-5H3,(H,18,24). The second-order valence-corrected chi connectivity index (χ2v) is 7.54. The van der Waals surface area contributed by atoms with Crippen LogP contribution in [0.2, 0.25) is 0 Å². The van der Waals surface area contributed by atoms with Crippen LogP contribution in [-0.4, -0.2) is 93.9 Å². The Balaban J connectivity index is 4.29. The fourth-order valence-electron chi connectivity index (χ4n) is 2.02. The molecule has 4 atom stereocenters. The van der Waals surface area contributed by atoms with Gasteiger partial charge in [-0.1, -0.05) is 0 Å². The van der Waals surface area contributed by atoms with E-state index in [2.05, 4.69) is 5.32 Å². The van der Waals surface area contributed by atoms with Crippen LogP contribution in [0.1, 0.15) is 40.5 Å². The van der Waals surface area contributed by atoms with E-state index < -0.39 is 42.5 Å². The Morgan fingerprint density at radius 1 is 1.00 bits per heavy atom. The van der Waals surface area contributed by atoms with Crippen molar-refractivity contribution in [3.63, 3.8) is 0 Å². The first-order valence-electron chi connectivity index (χ1n) is 8.67. The van der Waals surface area contributed by atoms with Crippen molar-refractivity contribution in [1.29, 1.82) is 0 Å². The first-order valence-corrected chi connectivity index (χ1v) is 8.67. The van der Waals surface area contributed by atoms with Crippen molar-refractivity contribution in [2.75, 3.05) is 26.9 Å². The Labute approximate surface area is 154 Å². The lowest BCUT2D eigenvalue weighted by molar-refractivity contribution is -0.149. The SMILES string of the molecule is COC(C)(C)CCOC(C)(C)CCNC(=O)C(O)C(O)C(O)C(O)CO. The van der Waals surface area contributed by atoms with Crippen LogP contribution >= 0.6 is 0 Å². The first-order chi connectivity index (χ1) is 11.9. The topological polar surface area (TPSA) is 149 Å². The molecule has 0 radical (unpaired) electrons. The van der Waals surface area contributed by atoms with E-state index in [1.54, 1.807) is 7.11 Å². The summed E-state index contributed by atoms with van der Waals surface area (Å²) < 4.78 is 11.1. The molecule has 0 aliphatic carbocycles. The second-order valence-electron chi connectivity index (χ2n) is 7.54. The molecule has 0 fully saturated rings. The zero-order valence-electron chi connectivity index (χ0n) is 16.3. The molecule has 9 heteroatoms. The van der Waals surface area contributed by atoms with E-state index in [0.717, 1.165) is 0 Å². The fraction of sp³-hybridized carbons (Fsp3) is 0.941. The van der Waals surface area contributed by atoms with Gasteiger partial charge in [-0.2, -0.15) is 0 Å². The Morgan fingerprint density at radius 2 is 1.58 bits per heavy atom. The van der Waals surface area contributed by atoms with E-state index in [-0.39, 0.29) is 12.1 Å². The molecule has 0 rings (SSSR count). The Hall–Kier alpha value is -0.810. The number of nitrogens with one attached hydrogen (secondary N) is 1. The van der Waals surface area contributed by atoms with Gasteiger partial charge in [-0.05, 0) is 40.5 Å². The normalized spacial score (nSPS) is 17.5. The van der Waals surface area contributed by atoms with Crippen LogP contribution in [0.15, 0.2) is 0 Å². The molecule has 0 bridgehead atoms. The third-order valence-electron chi connectivity index (χ3n) is 4.30. The summed E-state index contributed by atoms with van der Waals surface area (Å²) in [4.78, 5) is 11.8. The molecule has 0 heterocycles. The number of aliphatic hydroxyl groups is 5. The molecule has 26 heavy (non-hydrogen) atoms. The molecule has 0 saturated heterocycles. The zero-order chi connectivity index (χ0) is 20.5. The summed E-state index contributed by atoms with van der Waals surface area (Å²) in [6, 6.07) is 0. The molecule has 0 aromatic heterocycles. The summed E-state index contributed by atoms with van der Waals surface area (Å²) in [7, 11) is 1.64. The van der Waals surface area contributed by atoms with Crippen LogP contribution in [0.3, 0.4) is 0 Å². The van der Waals surface area contributed by atoms with Gasteiger partial charge in [0.1, 0.15) is 18.3 Å². The van der Waals surface area contributed by atoms with Crippen LogP contribution in [-0.2, 0) is 14.3 Å². The molecule has 0 aliphatic heterocycles. The molecule has 156 valence electrons. The lowest BCUT2D eigenvalue weighted by atomic mass is 10.0. The lowest BCUT2D eigenvalue weighted by Crippen LogP contribution is -2.52. The molecule has 0 saturated carbocycles. The second kappa shape index (κ2) is 11.1. The Bertz CT molecular complexity index is 416. The average Bonchev–Trinajstić information content (AvgIpc) is 2.58. The van der Waals surface area contributed by atoms with Crippen molar-refractivity contribution < 1.29 is 39.8 Å². The highest BCUT2D eigenvalue weighted by molar-refractivity contribution is 5.81. The maximum Gasteiger partial charge on any atom is 0.251 e. The Kier molecular flexibility index (Phi) is 10.8. The quantitative estimate of drug-likeness (QED) is 0.227. The summed E-state index contributed by atoms with van der Waals surface area (Å²) in [5, 5.41) is 49.3. The zero-order valence-corrected chi connectivity index (χ0v) is 16.3. The van der Waals surface area contributed by atoms with Crippen LogP contribution in [0.5, 0.6) is 0 Å². The number of amides is 1. The van der Waals surface area contributed by atoms with Gasteiger partial charge in [0.05, 0.1) is 24.4 Å². The molecule has 6 N–H and O–H groups in total. The first kappa shape index (κ1) is 25.2. The number of methoxy groups -OCH3 is 1. The summed E-state index contributed by atoms with van der Waals surface area (Å²) >= 11 is 0. The van der Waals surface area contributed by atoms with Crippen molar-refractivity contribution in [3.05, 3.63) is 0 Å². The van der Waals surface area contributed by atoms with Crippen molar-refractivity contribution in [1.82, 2.24) is 5.32 Å². The van der Waals surface area contributed by atoms with E-state index in [1.165, 1.54) is 0 Å². The van der Waals surface area contributed by atoms with Crippen LogP contribution in [0.4, 0.5) is 0 Å². The number of carbonyl (C=O) groups is 1. The van der Waals surface area contributed by atoms with Crippen LogP contribution in [0, 0.1) is 0 Å². The molecule has 0 aliphatic rings. The molecule has 1 amide bonds. The average molecular weight is 381 g/mol. The third-order valence-corrected chi connectivity index (χ3v) is 4.30. The van der Waals surface area contributed by atoms with Gasteiger partial charge in [-0.15, -0.1) is 0 Å². The largest absolute Gasteiger partial charge is 0.394 e. The minimum atomic E-state index is -1.93. The number of ether oxygens (including phenoxy) is 2. The molecule has 0 spiro atoms. The van der Waals surface area contributed by atoms with Crippen LogP contribution < -0.4 is 5.32 Å². The summed E-state index contributed by atoms with van der Waals surface area (Å²) in [5.74, 6) is -0.891. The van der Waals surface area contributed by atoms with E-state index in [1.807, 2.05) is 27.7 Å². The molecular weight excluding hydrogens is 346 g/mol. The van der Waals surface area contributed by atoms with Gasteiger partial charge in [0.15, 0.2) is 6.10 Å². The molecular formula is C17H35NO8. The smallest absolute Gasteiger partial charge is 0.251 e. The van der Waals surface area contributed by atoms with E-state index in [4.69, 9.17) is 14.6 Å². The van der Waals surface area contributed by atoms with Crippen LogP contribution in [0.25, 0.3) is 0 Å². The fourth-order valence-corrected chi connectivity index (χ4v) is 2.02. The highest BCUT2D eigenvalue weighted by Gasteiger charge is 2.34. The van der Waals surface area contributed by atoms with Gasteiger partial charge in [0.25, 0.3) is 5.91 Å². The number of hydrogen-bond acceptors (Lipinski definition) is 8. The minimum absolute atomic E-state index is 0.182. The number of aliphatic hydroxyl groups excluding tert-OH is 5. The molecule has 0 aromatic carbocycles. The van der Waals surface area contributed by atoms with E-state index in [9.17, 15) is 25.2 Å². The third kappa shape index (κ3) is 9.22. The summed E-state index contributed by atoms with van der Waals surface area (Å²) in [6.45, 7) is 7.50. The number of carbonyl (C=O) groups excluding carboxylic acids is 1. The van der Waals surface area contributed by atoms with E-state index >= 15 is 0 Å². The van der Waals surface area contributed by atoms with Crippen molar-refractivity contribution >= 4 is 5.91 Å². The number of rotatable bonds is 13. The maximum absolute atomic E-state index is 11.8. The van der Waals surface area contributed by atoms with Gasteiger partial charge in [0, 0.05) is 13.7 Å². The van der Waals surface area contributed by atoms with Crippen molar-refractivity contribution in [3.8, 4) is 0 Å². The monoisotopic (exact) mass is 381 g/mol. The van der Waals surface area contributed by atoms with Gasteiger partial charge in [-0.3, -0.25) is 4.79 Å². The van der Waals surface area contributed by atoms with Gasteiger partial charge >= 0.3 is 0 Å². The highest BCUT2D eigenvalue weighted by atomic mass is 16.5. The van der Waals surface area contributed by atoms with Gasteiger partial charge in [-0.25, -0.2) is 0 Å². The maximum atomic E-state index is 11.8. The minimum Gasteiger partial charge on any atom is -0.394 e. The predicted molar refractivity (Wildman–Crippen MR) is 94.5 cm³/mol. The molecule has 4 unspecified atom stereocenters. The summed E-state index contributed by atoms with van der Waals surface area (Å²) in [6.07, 6.45) is -6.19. The van der Waals surface area contributed by atoms with Gasteiger partial charge < -0.3 is 40.3 Å². The van der Waals surface area contributed by atoms with Crippen molar-refractivity contribution in [2.24, 2.45) is 0 Å².